The summed E-state index contributed by atoms with van der Waals surface area (Å²) in [5.41, 5.74) is 6.53. The third kappa shape index (κ3) is 1.67. The molecule has 0 aromatic carbocycles. The van der Waals surface area contributed by atoms with Crippen LogP contribution in [0.2, 0.25) is 0 Å². The molecule has 0 bridgehead atoms. The van der Waals surface area contributed by atoms with E-state index >= 15 is 0 Å². The summed E-state index contributed by atoms with van der Waals surface area (Å²) < 4.78 is 7.70. The molecule has 1 aliphatic rings. The van der Waals surface area contributed by atoms with E-state index in [0.29, 0.717) is 6.54 Å². The first-order valence-corrected chi connectivity index (χ1v) is 5.00. The molecule has 1 saturated heterocycles. The van der Waals surface area contributed by atoms with Gasteiger partial charge in [0.25, 0.3) is 0 Å². The van der Waals surface area contributed by atoms with Crippen LogP contribution < -0.4 is 5.73 Å². The van der Waals surface area contributed by atoms with Crippen LogP contribution in [0.3, 0.4) is 0 Å². The van der Waals surface area contributed by atoms with E-state index in [-0.39, 0.29) is 11.7 Å². The standard InChI is InChI=1S/C10H17N3O/c1-10(7-11)5-3-9(14-10)8-4-6-13(2)12-8/h4,6,9H,3,5,7,11H2,1-2H3. The van der Waals surface area contributed by atoms with Gasteiger partial charge in [-0.2, -0.15) is 5.10 Å². The molecule has 78 valence electrons. The Hall–Kier alpha value is -0.870. The van der Waals surface area contributed by atoms with E-state index in [1.165, 1.54) is 0 Å². The molecule has 0 saturated carbocycles. The fourth-order valence-corrected chi connectivity index (χ4v) is 1.86. The molecule has 1 fully saturated rings. The van der Waals surface area contributed by atoms with Crippen LogP contribution in [0.4, 0.5) is 0 Å². The van der Waals surface area contributed by atoms with E-state index in [2.05, 4.69) is 12.0 Å². The van der Waals surface area contributed by atoms with Crippen molar-refractivity contribution in [3.8, 4) is 0 Å². The smallest absolute Gasteiger partial charge is 0.102 e. The second-order valence-electron chi connectivity index (χ2n) is 4.21. The Morgan fingerprint density at radius 1 is 1.79 bits per heavy atom. The summed E-state index contributed by atoms with van der Waals surface area (Å²) in [4.78, 5) is 0. The van der Waals surface area contributed by atoms with Crippen LogP contribution in [0.1, 0.15) is 31.6 Å². The van der Waals surface area contributed by atoms with E-state index in [0.717, 1.165) is 18.5 Å². The lowest BCUT2D eigenvalue weighted by Crippen LogP contribution is -2.33. The molecule has 1 aliphatic heterocycles. The molecule has 2 heterocycles. The Balaban J connectivity index is 2.09. The lowest BCUT2D eigenvalue weighted by molar-refractivity contribution is -0.0248. The summed E-state index contributed by atoms with van der Waals surface area (Å²) in [5.74, 6) is 0. The highest BCUT2D eigenvalue weighted by molar-refractivity contribution is 5.06. The third-order valence-corrected chi connectivity index (χ3v) is 2.86. The van der Waals surface area contributed by atoms with E-state index < -0.39 is 0 Å². The Labute approximate surface area is 84.0 Å². The van der Waals surface area contributed by atoms with Crippen LogP contribution in [0, 0.1) is 0 Å². The van der Waals surface area contributed by atoms with Crippen molar-refractivity contribution in [1.82, 2.24) is 9.78 Å². The number of aryl methyl sites for hydroxylation is 1. The van der Waals surface area contributed by atoms with Gasteiger partial charge in [0, 0.05) is 19.8 Å². The number of ether oxygens (including phenoxy) is 1. The maximum atomic E-state index is 5.90. The average Bonchev–Trinajstić information content (AvgIpc) is 2.73. The second-order valence-corrected chi connectivity index (χ2v) is 4.21. The summed E-state index contributed by atoms with van der Waals surface area (Å²) >= 11 is 0. The van der Waals surface area contributed by atoms with Gasteiger partial charge >= 0.3 is 0 Å². The van der Waals surface area contributed by atoms with Crippen LogP contribution in [0.5, 0.6) is 0 Å². The fraction of sp³-hybridized carbons (Fsp3) is 0.700. The topological polar surface area (TPSA) is 53.1 Å². The van der Waals surface area contributed by atoms with Crippen molar-refractivity contribution >= 4 is 0 Å². The molecule has 4 nitrogen and oxygen atoms in total. The highest BCUT2D eigenvalue weighted by atomic mass is 16.5. The van der Waals surface area contributed by atoms with Gasteiger partial charge in [-0.05, 0) is 25.8 Å². The second kappa shape index (κ2) is 3.37. The summed E-state index contributed by atoms with van der Waals surface area (Å²) in [7, 11) is 1.92. The lowest BCUT2D eigenvalue weighted by Gasteiger charge is -2.21. The average molecular weight is 195 g/mol. The van der Waals surface area contributed by atoms with E-state index in [9.17, 15) is 0 Å². The molecular weight excluding hydrogens is 178 g/mol. The van der Waals surface area contributed by atoms with Gasteiger partial charge in [-0.25, -0.2) is 0 Å². The van der Waals surface area contributed by atoms with Crippen molar-refractivity contribution in [3.05, 3.63) is 18.0 Å². The number of aromatic nitrogens is 2. The zero-order chi connectivity index (χ0) is 10.2. The van der Waals surface area contributed by atoms with Crippen molar-refractivity contribution < 1.29 is 4.74 Å². The van der Waals surface area contributed by atoms with Crippen molar-refractivity contribution in [1.29, 1.82) is 0 Å². The van der Waals surface area contributed by atoms with Crippen molar-refractivity contribution in [2.24, 2.45) is 12.8 Å². The van der Waals surface area contributed by atoms with Gasteiger partial charge < -0.3 is 10.5 Å². The first-order chi connectivity index (χ1) is 6.63. The highest BCUT2D eigenvalue weighted by Crippen LogP contribution is 2.37. The van der Waals surface area contributed by atoms with Gasteiger partial charge in [0.15, 0.2) is 0 Å². The molecule has 0 aliphatic carbocycles. The van der Waals surface area contributed by atoms with Crippen LogP contribution in [-0.4, -0.2) is 21.9 Å². The molecule has 0 spiro atoms. The zero-order valence-electron chi connectivity index (χ0n) is 8.73. The minimum Gasteiger partial charge on any atom is -0.364 e. The first kappa shape index (κ1) is 9.68. The molecule has 2 N–H and O–H groups in total. The summed E-state index contributed by atoms with van der Waals surface area (Å²) in [6, 6.07) is 2.01. The summed E-state index contributed by atoms with van der Waals surface area (Å²) in [6.07, 6.45) is 4.11. The molecule has 14 heavy (non-hydrogen) atoms. The van der Waals surface area contributed by atoms with Crippen molar-refractivity contribution in [2.45, 2.75) is 31.5 Å². The Kier molecular flexibility index (Phi) is 2.33. The molecule has 1 aromatic rings. The van der Waals surface area contributed by atoms with Crippen molar-refractivity contribution in [2.75, 3.05) is 6.54 Å². The SMILES string of the molecule is Cn1ccc(C2CCC(C)(CN)O2)n1. The van der Waals surface area contributed by atoms with Gasteiger partial charge in [-0.3, -0.25) is 4.68 Å². The number of rotatable bonds is 2. The molecule has 0 amide bonds. The molecule has 1 aromatic heterocycles. The fourth-order valence-electron chi connectivity index (χ4n) is 1.86. The molecule has 2 rings (SSSR count). The minimum atomic E-state index is -0.151. The predicted molar refractivity (Wildman–Crippen MR) is 53.7 cm³/mol. The highest BCUT2D eigenvalue weighted by Gasteiger charge is 2.36. The maximum Gasteiger partial charge on any atom is 0.102 e. The van der Waals surface area contributed by atoms with Crippen LogP contribution in [0.25, 0.3) is 0 Å². The maximum absolute atomic E-state index is 5.90. The third-order valence-electron chi connectivity index (χ3n) is 2.86. The lowest BCUT2D eigenvalue weighted by atomic mass is 10.0. The summed E-state index contributed by atoms with van der Waals surface area (Å²) in [6.45, 7) is 2.65. The molecule has 2 atom stereocenters. The van der Waals surface area contributed by atoms with Gasteiger partial charge in [0.1, 0.15) is 6.10 Å². The minimum absolute atomic E-state index is 0.129. The van der Waals surface area contributed by atoms with Crippen LogP contribution >= 0.6 is 0 Å². The van der Waals surface area contributed by atoms with E-state index in [1.807, 2.05) is 19.3 Å². The molecular formula is C10H17N3O. The van der Waals surface area contributed by atoms with Crippen LogP contribution in [-0.2, 0) is 11.8 Å². The van der Waals surface area contributed by atoms with Crippen molar-refractivity contribution in [3.63, 3.8) is 0 Å². The van der Waals surface area contributed by atoms with Gasteiger partial charge in [0.05, 0.1) is 11.3 Å². The monoisotopic (exact) mass is 195 g/mol. The molecule has 4 heteroatoms. The van der Waals surface area contributed by atoms with Gasteiger partial charge in [-0.15, -0.1) is 0 Å². The number of nitrogens with two attached hydrogens (primary N) is 1. The molecule has 2 unspecified atom stereocenters. The predicted octanol–water partition coefficient (Wildman–Crippen LogP) is 0.989. The Morgan fingerprint density at radius 2 is 2.57 bits per heavy atom. The Bertz CT molecular complexity index is 323. The number of hydrogen-bond donors (Lipinski definition) is 1. The molecule has 0 radical (unpaired) electrons. The van der Waals surface area contributed by atoms with Gasteiger partial charge in [-0.1, -0.05) is 0 Å². The number of nitrogens with zero attached hydrogens (tertiary/aromatic N) is 2. The largest absolute Gasteiger partial charge is 0.364 e. The number of hydrogen-bond acceptors (Lipinski definition) is 3. The van der Waals surface area contributed by atoms with E-state index in [1.54, 1.807) is 4.68 Å². The normalized spacial score (nSPS) is 32.4. The Morgan fingerprint density at radius 3 is 3.07 bits per heavy atom. The quantitative estimate of drug-likeness (QED) is 0.765. The van der Waals surface area contributed by atoms with Crippen LogP contribution in [0.15, 0.2) is 12.3 Å². The van der Waals surface area contributed by atoms with Gasteiger partial charge in [0.2, 0.25) is 0 Å². The zero-order valence-corrected chi connectivity index (χ0v) is 8.73. The first-order valence-electron chi connectivity index (χ1n) is 5.00. The van der Waals surface area contributed by atoms with E-state index in [4.69, 9.17) is 10.5 Å². The summed E-state index contributed by atoms with van der Waals surface area (Å²) in [5, 5.41) is 4.34.